The van der Waals surface area contributed by atoms with Gasteiger partial charge in [0.05, 0.1) is 89.0 Å². The van der Waals surface area contributed by atoms with E-state index in [1.807, 2.05) is 36.4 Å². The van der Waals surface area contributed by atoms with Crippen LogP contribution in [0.1, 0.15) is 0 Å². The van der Waals surface area contributed by atoms with Crippen LogP contribution in [0.15, 0.2) is 449 Å². The van der Waals surface area contributed by atoms with Gasteiger partial charge >= 0.3 is 0 Å². The van der Waals surface area contributed by atoms with Gasteiger partial charge in [-0.15, -0.1) is 0 Å². The van der Waals surface area contributed by atoms with E-state index in [2.05, 4.69) is 440 Å². The Morgan fingerprint density at radius 2 is 0.325 bits per heavy atom. The largest absolute Gasteiger partial charge is 0.309 e. The molecule has 0 unspecified atom stereocenters. The molecular formula is C116H74N10. The van der Waals surface area contributed by atoms with Crippen molar-refractivity contribution in [3.63, 3.8) is 0 Å². The van der Waals surface area contributed by atoms with Gasteiger partial charge in [0.1, 0.15) is 0 Å². The first-order chi connectivity index (χ1) is 62.5. The van der Waals surface area contributed by atoms with Gasteiger partial charge in [-0.2, -0.15) is 0 Å². The monoisotopic (exact) mass is 1610 g/mol. The van der Waals surface area contributed by atoms with E-state index in [-0.39, 0.29) is 0 Å². The van der Waals surface area contributed by atoms with Gasteiger partial charge in [-0.3, -0.25) is 0 Å². The molecule has 0 spiro atoms. The Morgan fingerprint density at radius 1 is 0.127 bits per heavy atom. The van der Waals surface area contributed by atoms with Gasteiger partial charge in [-0.25, -0.2) is 19.9 Å². The molecule has 0 aliphatic rings. The molecule has 26 aromatic rings. The highest BCUT2D eigenvalue weighted by Crippen LogP contribution is 2.48. The molecule has 0 aliphatic carbocycles. The van der Waals surface area contributed by atoms with Crippen molar-refractivity contribution in [3.8, 4) is 102 Å². The average Bonchev–Trinajstić information content (AvgIpc) is 1.54. The number of hydrogen-bond acceptors (Lipinski definition) is 4. The molecule has 26 rings (SSSR count). The Hall–Kier alpha value is -17.1. The normalized spacial score (nSPS) is 11.8. The highest BCUT2D eigenvalue weighted by molar-refractivity contribution is 6.28. The summed E-state index contributed by atoms with van der Waals surface area (Å²) >= 11 is 0. The third kappa shape index (κ3) is 11.6. The molecule has 588 valence electrons. The molecule has 10 heteroatoms. The second-order valence-corrected chi connectivity index (χ2v) is 32.4. The highest BCUT2D eigenvalue weighted by Gasteiger charge is 2.28. The summed E-state index contributed by atoms with van der Waals surface area (Å²) in [7, 11) is 0. The van der Waals surface area contributed by atoms with Gasteiger partial charge < -0.3 is 27.4 Å². The van der Waals surface area contributed by atoms with E-state index in [0.29, 0.717) is 11.6 Å². The van der Waals surface area contributed by atoms with E-state index in [1.165, 1.54) is 109 Å². The molecule has 0 bridgehead atoms. The summed E-state index contributed by atoms with van der Waals surface area (Å²) in [6, 6.07) is 160. The quantitative estimate of drug-likeness (QED) is 0.122. The first kappa shape index (κ1) is 71.8. The predicted octanol–water partition coefficient (Wildman–Crippen LogP) is 29.5. The van der Waals surface area contributed by atoms with Crippen molar-refractivity contribution in [2.75, 3.05) is 0 Å². The summed E-state index contributed by atoms with van der Waals surface area (Å²) in [6.45, 7) is 0. The van der Waals surface area contributed by atoms with Crippen LogP contribution in [-0.4, -0.2) is 47.3 Å². The maximum absolute atomic E-state index is 5.12. The zero-order valence-electron chi connectivity index (χ0n) is 68.2. The average molecular weight is 1610 g/mol. The molecule has 0 atom stereocenters. The fraction of sp³-hybridized carbons (Fsp3) is 0. The number of nitrogens with zero attached hydrogens (tertiary/aromatic N) is 10. The summed E-state index contributed by atoms with van der Waals surface area (Å²) in [5.74, 6) is 1.40. The van der Waals surface area contributed by atoms with E-state index >= 15 is 0 Å². The fourth-order valence-corrected chi connectivity index (χ4v) is 19.7. The molecule has 10 nitrogen and oxygen atoms in total. The lowest BCUT2D eigenvalue weighted by Crippen LogP contribution is -1.98. The van der Waals surface area contributed by atoms with Crippen molar-refractivity contribution < 1.29 is 0 Å². The van der Waals surface area contributed by atoms with Gasteiger partial charge in [-0.1, -0.05) is 303 Å². The number of aromatic nitrogens is 10. The second kappa shape index (κ2) is 29.4. The fourth-order valence-electron chi connectivity index (χ4n) is 19.7. The Labute approximate surface area is 724 Å². The van der Waals surface area contributed by atoms with Crippen molar-refractivity contribution in [2.45, 2.75) is 0 Å². The standard InChI is InChI=1S/2C58H37N5/c1-5-17-38(18-6-1)50-37-51(60-58(59-50)40-19-7-2-8-20-40)39-29-31-43(32-30-39)61-52-27-15-14-26-45(52)48-35-55-49(36-54(48)61)47-34-33-46-44-25-13-16-28-53(44)62(41-21-9-3-10-22-41)56(46)57(47)63(55)42-23-11-4-12-24-42;1-5-17-38(18-6-1)50-37-51(39-19-7-2-8-20-39)60-58(59-50)40-29-31-43(32-30-40)61-52-27-15-14-26-45(52)48-35-55-49(36-54(48)61)47-34-33-46-44-25-13-16-28-53(44)62(41-21-9-3-10-22-41)56(46)57(47)63(55)42-23-11-4-12-24-42/h2*1-37H. The van der Waals surface area contributed by atoms with Crippen molar-refractivity contribution in [3.05, 3.63) is 449 Å². The topological polar surface area (TPSA) is 81.1 Å². The van der Waals surface area contributed by atoms with E-state index in [1.54, 1.807) is 0 Å². The summed E-state index contributed by atoms with van der Waals surface area (Å²) in [4.78, 5) is 20.4. The summed E-state index contributed by atoms with van der Waals surface area (Å²) in [5.41, 5.74) is 30.5. The molecule has 0 amide bonds. The molecule has 18 aromatic carbocycles. The zero-order valence-corrected chi connectivity index (χ0v) is 68.2. The van der Waals surface area contributed by atoms with Crippen LogP contribution in [-0.2, 0) is 0 Å². The van der Waals surface area contributed by atoms with E-state index in [0.717, 1.165) is 112 Å². The SMILES string of the molecule is c1ccc(-c2cc(-c3ccc(-n4c5ccccc5c5cc6c(cc54)c4ccc5c7ccccc7n(-c7ccccc7)c5c4n6-c4ccccc4)cc3)nc(-c3ccccc3)n2)cc1.c1ccc(-c2cc(-c3ccccc3)nc(-c3ccc(-n4c5ccccc5c5cc6c(cc54)c4ccc5c7ccccc7n(-c7ccccc7)c5c4n6-c4ccccc4)cc3)n2)cc1. The van der Waals surface area contributed by atoms with Crippen LogP contribution in [0, 0.1) is 0 Å². The lowest BCUT2D eigenvalue weighted by atomic mass is 10.1. The first-order valence-corrected chi connectivity index (χ1v) is 42.8. The molecule has 126 heavy (non-hydrogen) atoms. The van der Waals surface area contributed by atoms with Crippen LogP contribution in [0.3, 0.4) is 0 Å². The Kier molecular flexibility index (Phi) is 16.7. The van der Waals surface area contributed by atoms with Crippen molar-refractivity contribution in [2.24, 2.45) is 0 Å². The van der Waals surface area contributed by atoms with Crippen LogP contribution in [0.4, 0.5) is 0 Å². The summed E-state index contributed by atoms with van der Waals surface area (Å²) < 4.78 is 14.7. The van der Waals surface area contributed by atoms with Gasteiger partial charge in [0.25, 0.3) is 0 Å². The molecule has 0 saturated carbocycles. The lowest BCUT2D eigenvalue weighted by molar-refractivity contribution is 1.15. The molecule has 0 aliphatic heterocycles. The predicted molar refractivity (Wildman–Crippen MR) is 523 cm³/mol. The zero-order chi connectivity index (χ0) is 82.9. The van der Waals surface area contributed by atoms with Gasteiger partial charge in [0.2, 0.25) is 0 Å². The third-order valence-electron chi connectivity index (χ3n) is 25.3. The van der Waals surface area contributed by atoms with Gasteiger partial charge in [-0.05, 0) is 146 Å². The molecule has 0 fully saturated rings. The van der Waals surface area contributed by atoms with E-state index in [4.69, 9.17) is 19.9 Å². The van der Waals surface area contributed by atoms with Crippen LogP contribution < -0.4 is 0 Å². The van der Waals surface area contributed by atoms with Crippen LogP contribution in [0.25, 0.3) is 233 Å². The highest BCUT2D eigenvalue weighted by atomic mass is 15.1. The van der Waals surface area contributed by atoms with E-state index < -0.39 is 0 Å². The van der Waals surface area contributed by atoms with Crippen molar-refractivity contribution in [1.29, 1.82) is 0 Å². The Morgan fingerprint density at radius 3 is 0.635 bits per heavy atom. The van der Waals surface area contributed by atoms with Crippen LogP contribution >= 0.6 is 0 Å². The smallest absolute Gasteiger partial charge is 0.160 e. The number of para-hydroxylation sites is 8. The van der Waals surface area contributed by atoms with Gasteiger partial charge in [0.15, 0.2) is 11.6 Å². The van der Waals surface area contributed by atoms with E-state index in [9.17, 15) is 0 Å². The molecule has 8 heterocycles. The minimum Gasteiger partial charge on any atom is -0.309 e. The molecule has 0 saturated heterocycles. The van der Waals surface area contributed by atoms with Crippen LogP contribution in [0.5, 0.6) is 0 Å². The summed E-state index contributed by atoms with van der Waals surface area (Å²) in [5, 5.41) is 14.6. The Balaban J connectivity index is 0.000000137. The maximum atomic E-state index is 5.12. The second-order valence-electron chi connectivity index (χ2n) is 32.4. The number of rotatable bonds is 12. The number of hydrogen-bond donors (Lipinski definition) is 0. The number of benzene rings is 18. The maximum Gasteiger partial charge on any atom is 0.160 e. The molecular weight excluding hydrogens is 1530 g/mol. The molecule has 0 radical (unpaired) electrons. The minimum atomic E-state index is 0.693. The molecule has 0 N–H and O–H groups in total. The first-order valence-electron chi connectivity index (χ1n) is 42.8. The van der Waals surface area contributed by atoms with Crippen molar-refractivity contribution >= 4 is 131 Å². The number of fused-ring (bicyclic) bond motifs is 20. The summed E-state index contributed by atoms with van der Waals surface area (Å²) in [6.07, 6.45) is 0. The Bertz CT molecular complexity index is 8130. The third-order valence-corrected chi connectivity index (χ3v) is 25.3. The van der Waals surface area contributed by atoms with Gasteiger partial charge in [0, 0.05) is 132 Å². The van der Waals surface area contributed by atoms with Crippen molar-refractivity contribution in [1.82, 2.24) is 47.3 Å². The van der Waals surface area contributed by atoms with Crippen LogP contribution in [0.2, 0.25) is 0 Å². The lowest BCUT2D eigenvalue weighted by Gasteiger charge is -2.12. The molecule has 8 aromatic heterocycles. The minimum absolute atomic E-state index is 0.693.